The zero-order valence-corrected chi connectivity index (χ0v) is 22.4. The summed E-state index contributed by atoms with van der Waals surface area (Å²) in [7, 11) is -2.59. The first-order chi connectivity index (χ1) is 18.1. The summed E-state index contributed by atoms with van der Waals surface area (Å²) in [6, 6.07) is 7.14. The molecular weight excluding hydrogens is 520 g/mol. The van der Waals surface area contributed by atoms with E-state index in [0.29, 0.717) is 17.0 Å². The van der Waals surface area contributed by atoms with Gasteiger partial charge in [0.1, 0.15) is 24.6 Å². The number of anilines is 2. The Labute approximate surface area is 218 Å². The average molecular weight is 552 g/mol. The van der Waals surface area contributed by atoms with Crippen LogP contribution in [-0.2, 0) is 23.4 Å². The standard InChI is InChI=1S/C23H31FN7O6P/c1-5-34-21(32)15(3)30-38(33,37-16-9-7-6-8-10-16)35-12-23(24)11-14(2)20(36-23)31-13-27-17-18(26-4)28-22(25)29-19(17)31/h6-10,13-15,20H,5,11-12H2,1-4H3,(H,30,33)(H3,25,26,28,29)/t14-,15-,20+,23-,38?/m0/s1. The molecule has 1 aliphatic heterocycles. The van der Waals surface area contributed by atoms with Crippen LogP contribution in [0, 0.1) is 5.92 Å². The minimum absolute atomic E-state index is 0.0184. The van der Waals surface area contributed by atoms with Crippen LogP contribution in [0.4, 0.5) is 16.2 Å². The number of nitrogens with one attached hydrogen (secondary N) is 2. The van der Waals surface area contributed by atoms with Gasteiger partial charge in [-0.2, -0.15) is 15.1 Å². The number of nitrogens with two attached hydrogens (primary N) is 1. The molecule has 2 aromatic heterocycles. The van der Waals surface area contributed by atoms with Crippen LogP contribution in [0.25, 0.3) is 11.2 Å². The summed E-state index contributed by atoms with van der Waals surface area (Å²) >= 11 is 0. The van der Waals surface area contributed by atoms with Gasteiger partial charge in [0.25, 0.3) is 0 Å². The zero-order chi connectivity index (χ0) is 27.5. The first-order valence-electron chi connectivity index (χ1n) is 12.0. The van der Waals surface area contributed by atoms with Crippen LogP contribution in [0.1, 0.15) is 33.4 Å². The average Bonchev–Trinajstić information content (AvgIpc) is 3.43. The number of hydrogen-bond acceptors (Lipinski definition) is 11. The summed E-state index contributed by atoms with van der Waals surface area (Å²) in [6.45, 7) is 4.27. The highest BCUT2D eigenvalue weighted by Crippen LogP contribution is 2.49. The molecule has 15 heteroatoms. The quantitative estimate of drug-likeness (QED) is 0.235. The Morgan fingerprint density at radius 1 is 1.37 bits per heavy atom. The van der Waals surface area contributed by atoms with Gasteiger partial charge in [-0.25, -0.2) is 13.9 Å². The van der Waals surface area contributed by atoms with Crippen molar-refractivity contribution in [2.75, 3.05) is 31.3 Å². The number of alkyl halides is 1. The molecule has 3 heterocycles. The van der Waals surface area contributed by atoms with Crippen LogP contribution in [0.3, 0.4) is 0 Å². The van der Waals surface area contributed by atoms with E-state index in [1.54, 1.807) is 55.8 Å². The molecule has 5 atom stereocenters. The topological polar surface area (TPSA) is 165 Å². The molecule has 0 aliphatic carbocycles. The van der Waals surface area contributed by atoms with Gasteiger partial charge >= 0.3 is 13.7 Å². The lowest BCUT2D eigenvalue weighted by Crippen LogP contribution is -2.37. The monoisotopic (exact) mass is 551 g/mol. The molecule has 0 amide bonds. The van der Waals surface area contributed by atoms with Crippen LogP contribution >= 0.6 is 7.75 Å². The number of fused-ring (bicyclic) bond motifs is 1. The molecule has 1 unspecified atom stereocenters. The number of rotatable bonds is 11. The fourth-order valence-corrected chi connectivity index (χ4v) is 5.65. The van der Waals surface area contributed by atoms with E-state index >= 15 is 4.39 Å². The molecule has 38 heavy (non-hydrogen) atoms. The van der Waals surface area contributed by atoms with Gasteiger partial charge in [-0.15, -0.1) is 0 Å². The molecular formula is C23H31FN7O6P. The highest BCUT2D eigenvalue weighted by molar-refractivity contribution is 7.52. The first-order valence-corrected chi connectivity index (χ1v) is 13.6. The lowest BCUT2D eigenvalue weighted by molar-refractivity contribution is -0.173. The fraction of sp³-hybridized carbons (Fsp3) is 0.478. The highest BCUT2D eigenvalue weighted by Gasteiger charge is 2.49. The number of benzene rings is 1. The van der Waals surface area contributed by atoms with Crippen LogP contribution in [0.5, 0.6) is 5.75 Å². The van der Waals surface area contributed by atoms with E-state index in [9.17, 15) is 9.36 Å². The van der Waals surface area contributed by atoms with E-state index in [-0.39, 0.29) is 30.6 Å². The summed E-state index contributed by atoms with van der Waals surface area (Å²) in [5.74, 6) is -2.71. The summed E-state index contributed by atoms with van der Waals surface area (Å²) in [4.78, 5) is 24.8. The molecule has 0 saturated carbocycles. The molecule has 206 valence electrons. The molecule has 1 aromatic carbocycles. The second kappa shape index (κ2) is 11.2. The minimum atomic E-state index is -4.26. The van der Waals surface area contributed by atoms with Crippen molar-refractivity contribution in [3.05, 3.63) is 36.7 Å². The fourth-order valence-electron chi connectivity index (χ4n) is 4.13. The largest absolute Gasteiger partial charge is 0.465 e. The maximum absolute atomic E-state index is 16.0. The number of carbonyl (C=O) groups excluding carboxylic acids is 1. The number of nitrogens with zero attached hydrogens (tertiary/aromatic N) is 4. The lowest BCUT2D eigenvalue weighted by Gasteiger charge is -2.26. The SMILES string of the molecule is CCOC(=O)[C@H](C)NP(=O)(OC[C@]1(F)C[C@H](C)[C@H](n2cnc3c(NC)nc(N)nc32)O1)Oc1ccccc1. The molecule has 1 aliphatic rings. The molecule has 13 nitrogen and oxygen atoms in total. The zero-order valence-electron chi connectivity index (χ0n) is 21.5. The summed E-state index contributed by atoms with van der Waals surface area (Å²) in [5, 5.41) is 5.43. The van der Waals surface area contributed by atoms with Crippen molar-refractivity contribution < 1.29 is 32.3 Å². The van der Waals surface area contributed by atoms with Gasteiger partial charge in [-0.05, 0) is 26.0 Å². The molecule has 0 bridgehead atoms. The molecule has 1 saturated heterocycles. The summed E-state index contributed by atoms with van der Waals surface area (Å²) in [6.07, 6.45) is 0.572. The van der Waals surface area contributed by atoms with Crippen LogP contribution in [-0.4, -0.2) is 57.6 Å². The van der Waals surface area contributed by atoms with Crippen molar-refractivity contribution in [1.82, 2.24) is 24.6 Å². The van der Waals surface area contributed by atoms with E-state index in [2.05, 4.69) is 25.4 Å². The predicted molar refractivity (Wildman–Crippen MR) is 137 cm³/mol. The molecule has 0 radical (unpaired) electrons. The number of halogens is 1. The van der Waals surface area contributed by atoms with Crippen molar-refractivity contribution >= 4 is 36.6 Å². The lowest BCUT2D eigenvalue weighted by atomic mass is 10.1. The third-order valence-electron chi connectivity index (χ3n) is 5.81. The summed E-state index contributed by atoms with van der Waals surface area (Å²) in [5.41, 5.74) is 6.65. The van der Waals surface area contributed by atoms with Crippen molar-refractivity contribution in [2.45, 2.75) is 45.3 Å². The van der Waals surface area contributed by atoms with E-state index < -0.39 is 38.4 Å². The Balaban J connectivity index is 1.53. The molecule has 4 N–H and O–H groups in total. The van der Waals surface area contributed by atoms with E-state index in [1.807, 2.05) is 0 Å². The van der Waals surface area contributed by atoms with E-state index in [0.717, 1.165) is 0 Å². The predicted octanol–water partition coefficient (Wildman–Crippen LogP) is 3.42. The molecule has 0 spiro atoms. The van der Waals surface area contributed by atoms with E-state index in [1.165, 1.54) is 13.3 Å². The Bertz CT molecular complexity index is 1330. The number of para-hydroxylation sites is 1. The second-order valence-corrected chi connectivity index (χ2v) is 10.5. The maximum Gasteiger partial charge on any atom is 0.459 e. The van der Waals surface area contributed by atoms with E-state index in [4.69, 9.17) is 24.3 Å². The van der Waals surface area contributed by atoms with Crippen LogP contribution in [0.2, 0.25) is 0 Å². The van der Waals surface area contributed by atoms with Crippen molar-refractivity contribution in [1.29, 1.82) is 0 Å². The molecule has 1 fully saturated rings. The number of esters is 1. The van der Waals surface area contributed by atoms with Gasteiger partial charge in [0.05, 0.1) is 12.9 Å². The Morgan fingerprint density at radius 2 is 2.11 bits per heavy atom. The van der Waals surface area contributed by atoms with Gasteiger partial charge in [-0.3, -0.25) is 13.9 Å². The number of imidazole rings is 1. The number of ether oxygens (including phenoxy) is 2. The van der Waals surface area contributed by atoms with Gasteiger partial charge in [0.2, 0.25) is 11.8 Å². The maximum atomic E-state index is 16.0. The Hall–Kier alpha value is -3.32. The minimum Gasteiger partial charge on any atom is -0.465 e. The van der Waals surface area contributed by atoms with Crippen molar-refractivity contribution in [2.24, 2.45) is 5.92 Å². The Morgan fingerprint density at radius 3 is 2.79 bits per heavy atom. The van der Waals surface area contributed by atoms with Gasteiger partial charge in [0.15, 0.2) is 17.0 Å². The molecule has 4 rings (SSSR count). The number of aromatic nitrogens is 4. The number of hydrogen-bond donors (Lipinski definition) is 3. The number of carbonyl (C=O) groups is 1. The third kappa shape index (κ3) is 6.04. The van der Waals surface area contributed by atoms with Gasteiger partial charge < -0.3 is 25.0 Å². The smallest absolute Gasteiger partial charge is 0.459 e. The van der Waals surface area contributed by atoms with Crippen LogP contribution in [0.15, 0.2) is 36.7 Å². The van der Waals surface area contributed by atoms with Crippen molar-refractivity contribution in [3.63, 3.8) is 0 Å². The molecule has 3 aromatic rings. The summed E-state index contributed by atoms with van der Waals surface area (Å²) < 4.78 is 53.0. The van der Waals surface area contributed by atoms with Crippen LogP contribution < -0.4 is 20.7 Å². The number of nitrogen functional groups attached to an aromatic ring is 1. The normalized spacial score (nSPS) is 23.6. The van der Waals surface area contributed by atoms with Gasteiger partial charge in [-0.1, -0.05) is 25.1 Å². The third-order valence-corrected chi connectivity index (χ3v) is 7.43. The second-order valence-electron chi connectivity index (χ2n) is 8.86. The van der Waals surface area contributed by atoms with Gasteiger partial charge in [0, 0.05) is 19.4 Å². The Kier molecular flexibility index (Phi) is 8.16. The van der Waals surface area contributed by atoms with Crippen molar-refractivity contribution in [3.8, 4) is 5.75 Å². The first kappa shape index (κ1) is 27.7. The highest BCUT2D eigenvalue weighted by atomic mass is 31.2.